The van der Waals surface area contributed by atoms with E-state index >= 15 is 0 Å². The minimum atomic E-state index is -0.888. The molecule has 2 N–H and O–H groups in total. The van der Waals surface area contributed by atoms with Crippen LogP contribution in [0, 0.1) is 17.0 Å². The third kappa shape index (κ3) is 4.56. The molecule has 1 saturated heterocycles. The molecular weight excluding hydrogens is 364 g/mol. The second kappa shape index (κ2) is 8.80. The van der Waals surface area contributed by atoms with E-state index in [0.717, 1.165) is 17.2 Å². The minimum absolute atomic E-state index is 0.0874. The lowest BCUT2D eigenvalue weighted by Crippen LogP contribution is -2.49. The van der Waals surface area contributed by atoms with Gasteiger partial charge in [0, 0.05) is 19.3 Å². The van der Waals surface area contributed by atoms with Crippen LogP contribution < -0.4 is 5.32 Å². The van der Waals surface area contributed by atoms with Crippen molar-refractivity contribution in [2.45, 2.75) is 32.2 Å². The predicted octanol–water partition coefficient (Wildman–Crippen LogP) is 3.47. The predicted molar refractivity (Wildman–Crippen MR) is 103 cm³/mol. The second-order valence-corrected chi connectivity index (χ2v) is 7.46. The van der Waals surface area contributed by atoms with Crippen LogP contribution in [0.4, 0.5) is 8.78 Å². The van der Waals surface area contributed by atoms with E-state index in [0.29, 0.717) is 38.0 Å². The van der Waals surface area contributed by atoms with Crippen molar-refractivity contribution in [1.82, 2.24) is 5.32 Å². The first-order chi connectivity index (χ1) is 13.4. The Morgan fingerprint density at radius 2 is 1.86 bits per heavy atom. The van der Waals surface area contributed by atoms with E-state index in [9.17, 15) is 18.7 Å². The Kier molecular flexibility index (Phi) is 6.42. The third-order valence-corrected chi connectivity index (χ3v) is 5.31. The first kappa shape index (κ1) is 20.4. The summed E-state index contributed by atoms with van der Waals surface area (Å²) in [7, 11) is 0. The van der Waals surface area contributed by atoms with Crippen LogP contribution in [0.5, 0.6) is 0 Å². The highest BCUT2D eigenvalue weighted by Crippen LogP contribution is 2.36. The van der Waals surface area contributed by atoms with Crippen molar-refractivity contribution in [2.75, 3.05) is 19.8 Å². The standard InChI is InChI=1S/C22H25F2NO3/c1-15(14-26)25-21(27)22(7-9-28-10-8-22)13-16-3-2-4-17(11-16)18-5-6-19(23)20(24)12-18/h2-6,11-12,15,26H,7-10,13-14H2,1H3,(H,25,27)/t15-/m1/s1. The molecule has 4 nitrogen and oxygen atoms in total. The molecule has 0 radical (unpaired) electrons. The van der Waals surface area contributed by atoms with Gasteiger partial charge in [-0.25, -0.2) is 8.78 Å². The number of hydrogen-bond acceptors (Lipinski definition) is 3. The first-order valence-corrected chi connectivity index (χ1v) is 9.47. The van der Waals surface area contributed by atoms with Gasteiger partial charge in [0.25, 0.3) is 0 Å². The fourth-order valence-electron chi connectivity index (χ4n) is 3.60. The van der Waals surface area contributed by atoms with Crippen molar-refractivity contribution in [3.63, 3.8) is 0 Å². The van der Waals surface area contributed by atoms with Crippen LogP contribution in [-0.2, 0) is 16.0 Å². The van der Waals surface area contributed by atoms with E-state index in [1.165, 1.54) is 12.1 Å². The number of ether oxygens (including phenoxy) is 1. The molecule has 3 rings (SSSR count). The van der Waals surface area contributed by atoms with E-state index in [2.05, 4.69) is 5.32 Å². The van der Waals surface area contributed by atoms with Crippen molar-refractivity contribution < 1.29 is 23.4 Å². The Morgan fingerprint density at radius 1 is 1.14 bits per heavy atom. The van der Waals surface area contributed by atoms with E-state index in [4.69, 9.17) is 4.74 Å². The lowest BCUT2D eigenvalue weighted by Gasteiger charge is -2.36. The van der Waals surface area contributed by atoms with Crippen LogP contribution in [0.2, 0.25) is 0 Å². The molecule has 28 heavy (non-hydrogen) atoms. The fraction of sp³-hybridized carbons (Fsp3) is 0.409. The van der Waals surface area contributed by atoms with Gasteiger partial charge in [-0.2, -0.15) is 0 Å². The smallest absolute Gasteiger partial charge is 0.227 e. The summed E-state index contributed by atoms with van der Waals surface area (Å²) >= 11 is 0. The third-order valence-electron chi connectivity index (χ3n) is 5.31. The largest absolute Gasteiger partial charge is 0.394 e. The number of aliphatic hydroxyl groups excluding tert-OH is 1. The Morgan fingerprint density at radius 3 is 2.54 bits per heavy atom. The molecule has 0 spiro atoms. The van der Waals surface area contributed by atoms with Gasteiger partial charge in [-0.05, 0) is 55.0 Å². The molecule has 6 heteroatoms. The van der Waals surface area contributed by atoms with E-state index in [1.807, 2.05) is 24.3 Å². The lowest BCUT2D eigenvalue weighted by molar-refractivity contribution is -0.137. The van der Waals surface area contributed by atoms with Crippen LogP contribution >= 0.6 is 0 Å². The fourth-order valence-corrected chi connectivity index (χ4v) is 3.60. The number of nitrogens with one attached hydrogen (secondary N) is 1. The van der Waals surface area contributed by atoms with Gasteiger partial charge in [0.1, 0.15) is 0 Å². The number of aliphatic hydroxyl groups is 1. The molecule has 0 unspecified atom stereocenters. The molecule has 1 amide bonds. The van der Waals surface area contributed by atoms with Gasteiger partial charge < -0.3 is 15.2 Å². The number of rotatable bonds is 6. The van der Waals surface area contributed by atoms with Crippen molar-refractivity contribution in [2.24, 2.45) is 5.41 Å². The van der Waals surface area contributed by atoms with E-state index < -0.39 is 17.0 Å². The van der Waals surface area contributed by atoms with Crippen molar-refractivity contribution in [3.8, 4) is 11.1 Å². The minimum Gasteiger partial charge on any atom is -0.394 e. The van der Waals surface area contributed by atoms with Gasteiger partial charge in [-0.1, -0.05) is 30.3 Å². The average molecular weight is 389 g/mol. The normalized spacial score (nSPS) is 17.1. The maximum atomic E-state index is 13.6. The van der Waals surface area contributed by atoms with Gasteiger partial charge in [-0.15, -0.1) is 0 Å². The Bertz CT molecular complexity index is 834. The SMILES string of the molecule is C[C@H](CO)NC(=O)C1(Cc2cccc(-c3ccc(F)c(F)c3)c2)CCOCC1. The summed E-state index contributed by atoms with van der Waals surface area (Å²) < 4.78 is 32.3. The van der Waals surface area contributed by atoms with Gasteiger partial charge in [0.15, 0.2) is 11.6 Å². The van der Waals surface area contributed by atoms with Gasteiger partial charge in [0.2, 0.25) is 5.91 Å². The average Bonchev–Trinajstić information content (AvgIpc) is 2.70. The molecule has 1 aliphatic rings. The van der Waals surface area contributed by atoms with Gasteiger partial charge in [0.05, 0.1) is 12.0 Å². The first-order valence-electron chi connectivity index (χ1n) is 9.47. The highest BCUT2D eigenvalue weighted by molar-refractivity contribution is 5.83. The van der Waals surface area contributed by atoms with Crippen LogP contribution in [-0.4, -0.2) is 36.9 Å². The molecule has 0 aromatic heterocycles. The van der Waals surface area contributed by atoms with E-state index in [-0.39, 0.29) is 18.6 Å². The lowest BCUT2D eigenvalue weighted by atomic mass is 9.74. The van der Waals surface area contributed by atoms with Crippen LogP contribution in [0.25, 0.3) is 11.1 Å². The highest BCUT2D eigenvalue weighted by atomic mass is 19.2. The monoisotopic (exact) mass is 389 g/mol. The summed E-state index contributed by atoms with van der Waals surface area (Å²) in [6, 6.07) is 11.0. The summed E-state index contributed by atoms with van der Waals surface area (Å²) in [5.74, 6) is -1.85. The van der Waals surface area contributed by atoms with Crippen LogP contribution in [0.15, 0.2) is 42.5 Å². The van der Waals surface area contributed by atoms with Crippen molar-refractivity contribution in [1.29, 1.82) is 0 Å². The Labute approximate surface area is 163 Å². The van der Waals surface area contributed by atoms with Crippen molar-refractivity contribution in [3.05, 3.63) is 59.7 Å². The van der Waals surface area contributed by atoms with Gasteiger partial charge in [-0.3, -0.25) is 4.79 Å². The molecule has 0 saturated carbocycles. The summed E-state index contributed by atoms with van der Waals surface area (Å²) in [5.41, 5.74) is 1.67. The summed E-state index contributed by atoms with van der Waals surface area (Å²) in [4.78, 5) is 13.0. The van der Waals surface area contributed by atoms with Gasteiger partial charge >= 0.3 is 0 Å². The molecule has 1 fully saturated rings. The number of carbonyl (C=O) groups is 1. The number of halogens is 2. The number of hydrogen-bond donors (Lipinski definition) is 2. The number of amides is 1. The molecule has 2 aromatic rings. The molecule has 1 heterocycles. The van der Waals surface area contributed by atoms with E-state index in [1.54, 1.807) is 6.92 Å². The molecule has 150 valence electrons. The van der Waals surface area contributed by atoms with Crippen LogP contribution in [0.3, 0.4) is 0 Å². The summed E-state index contributed by atoms with van der Waals surface area (Å²) in [5, 5.41) is 12.1. The summed E-state index contributed by atoms with van der Waals surface area (Å²) in [6.45, 7) is 2.64. The maximum Gasteiger partial charge on any atom is 0.227 e. The molecular formula is C22H25F2NO3. The highest BCUT2D eigenvalue weighted by Gasteiger charge is 2.40. The maximum absolute atomic E-state index is 13.6. The van der Waals surface area contributed by atoms with Crippen molar-refractivity contribution >= 4 is 5.91 Å². The topological polar surface area (TPSA) is 58.6 Å². The molecule has 2 aromatic carbocycles. The Balaban J connectivity index is 1.87. The zero-order valence-electron chi connectivity index (χ0n) is 15.9. The number of carbonyl (C=O) groups excluding carboxylic acids is 1. The zero-order chi connectivity index (χ0) is 20.1. The summed E-state index contributed by atoms with van der Waals surface area (Å²) in [6.07, 6.45) is 1.69. The molecule has 0 aliphatic carbocycles. The second-order valence-electron chi connectivity index (χ2n) is 7.46. The zero-order valence-corrected chi connectivity index (χ0v) is 15.9. The molecule has 0 bridgehead atoms. The molecule has 1 atom stereocenters. The Hall–Kier alpha value is -2.31. The number of benzene rings is 2. The molecule has 1 aliphatic heterocycles. The quantitative estimate of drug-likeness (QED) is 0.795. The van der Waals surface area contributed by atoms with Crippen LogP contribution in [0.1, 0.15) is 25.3 Å².